The number of likely N-dealkylation sites (tertiary alicyclic amines) is 1. The zero-order valence-electron chi connectivity index (χ0n) is 14.5. The van der Waals surface area contributed by atoms with Crippen molar-refractivity contribution in [3.8, 4) is 11.3 Å². The van der Waals surface area contributed by atoms with E-state index in [-0.39, 0.29) is 18.3 Å². The Balaban J connectivity index is 1.47. The van der Waals surface area contributed by atoms with Crippen molar-refractivity contribution in [1.29, 1.82) is 0 Å². The molecule has 3 rings (SSSR count). The van der Waals surface area contributed by atoms with Crippen molar-refractivity contribution < 1.29 is 13.7 Å². The molecule has 1 aliphatic heterocycles. The maximum atomic E-state index is 13.8. The van der Waals surface area contributed by atoms with E-state index in [1.165, 1.54) is 18.9 Å². The monoisotopic (exact) mass is 345 g/mol. The average molecular weight is 345 g/mol. The zero-order valence-corrected chi connectivity index (χ0v) is 14.5. The number of amides is 1. The highest BCUT2D eigenvalue weighted by Crippen LogP contribution is 2.22. The number of carbonyl (C=O) groups is 1. The molecule has 1 fully saturated rings. The summed E-state index contributed by atoms with van der Waals surface area (Å²) in [5.74, 6) is 0.173. The number of carbonyl (C=O) groups excluding carboxylic acids is 1. The van der Waals surface area contributed by atoms with Crippen molar-refractivity contribution in [3.63, 3.8) is 0 Å². The van der Waals surface area contributed by atoms with E-state index in [1.807, 2.05) is 0 Å². The van der Waals surface area contributed by atoms with Gasteiger partial charge in [-0.3, -0.25) is 4.79 Å². The van der Waals surface area contributed by atoms with Gasteiger partial charge in [-0.1, -0.05) is 23.7 Å². The highest BCUT2D eigenvalue weighted by atomic mass is 19.1. The summed E-state index contributed by atoms with van der Waals surface area (Å²) in [6, 6.07) is 8.57. The normalized spacial score (nSPS) is 18.2. The molecule has 0 aliphatic carbocycles. The smallest absolute Gasteiger partial charge is 0.220 e. The molecule has 1 saturated heterocycles. The number of hydrogen-bond acceptors (Lipinski definition) is 4. The van der Waals surface area contributed by atoms with Crippen molar-refractivity contribution >= 4 is 5.91 Å². The molecule has 1 aromatic carbocycles. The molecule has 2 aromatic rings. The minimum Gasteiger partial charge on any atom is -0.359 e. The Kier molecular flexibility index (Phi) is 5.81. The maximum Gasteiger partial charge on any atom is 0.220 e. The average Bonchev–Trinajstić information content (AvgIpc) is 3.08. The molecule has 0 radical (unpaired) electrons. The lowest BCUT2D eigenvalue weighted by Crippen LogP contribution is -2.37. The van der Waals surface area contributed by atoms with Gasteiger partial charge in [0.05, 0.1) is 6.54 Å². The first-order chi connectivity index (χ1) is 12.1. The molecular weight excluding hydrogens is 321 g/mol. The third-order valence-corrected chi connectivity index (χ3v) is 4.79. The second-order valence-electron chi connectivity index (χ2n) is 6.60. The van der Waals surface area contributed by atoms with Crippen LogP contribution in [0.25, 0.3) is 11.3 Å². The number of benzene rings is 1. The van der Waals surface area contributed by atoms with E-state index in [4.69, 9.17) is 4.52 Å². The van der Waals surface area contributed by atoms with Gasteiger partial charge in [0.25, 0.3) is 0 Å². The Labute approximate surface area is 147 Å². The highest BCUT2D eigenvalue weighted by molar-refractivity contribution is 5.75. The summed E-state index contributed by atoms with van der Waals surface area (Å²) in [6.45, 7) is 1.38. The van der Waals surface area contributed by atoms with Gasteiger partial charge in [0.15, 0.2) is 5.76 Å². The van der Waals surface area contributed by atoms with E-state index in [0.29, 0.717) is 29.5 Å². The third-order valence-electron chi connectivity index (χ3n) is 4.79. The van der Waals surface area contributed by atoms with Gasteiger partial charge in [0.2, 0.25) is 5.91 Å². The summed E-state index contributed by atoms with van der Waals surface area (Å²) in [6.07, 6.45) is 5.03. The fourth-order valence-electron chi connectivity index (χ4n) is 3.27. The predicted octanol–water partition coefficient (Wildman–Crippen LogP) is 3.36. The number of rotatable bonds is 6. The lowest BCUT2D eigenvalue weighted by atomic mass is 9.98. The molecule has 1 N–H and O–H groups in total. The topological polar surface area (TPSA) is 58.4 Å². The van der Waals surface area contributed by atoms with Gasteiger partial charge in [-0.05, 0) is 45.0 Å². The van der Waals surface area contributed by atoms with Crippen LogP contribution in [-0.4, -0.2) is 35.6 Å². The number of piperidine rings is 1. The Morgan fingerprint density at radius 3 is 3.04 bits per heavy atom. The minimum absolute atomic E-state index is 0.00261. The van der Waals surface area contributed by atoms with Crippen molar-refractivity contribution in [1.82, 2.24) is 15.4 Å². The number of halogens is 1. The molecule has 5 nitrogen and oxygen atoms in total. The first-order valence-corrected chi connectivity index (χ1v) is 8.81. The van der Waals surface area contributed by atoms with Gasteiger partial charge in [0.1, 0.15) is 11.5 Å². The third kappa shape index (κ3) is 4.66. The molecular formula is C19H24FN3O2. The molecule has 1 aliphatic rings. The Morgan fingerprint density at radius 2 is 2.24 bits per heavy atom. The number of aromatic nitrogens is 1. The van der Waals surface area contributed by atoms with Gasteiger partial charge in [0, 0.05) is 24.1 Å². The number of nitrogens with zero attached hydrogens (tertiary/aromatic N) is 2. The minimum atomic E-state index is -0.344. The molecule has 6 heteroatoms. The number of nitrogens with one attached hydrogen (secondary N) is 1. The molecule has 25 heavy (non-hydrogen) atoms. The lowest BCUT2D eigenvalue weighted by molar-refractivity contribution is -0.121. The van der Waals surface area contributed by atoms with Gasteiger partial charge in [-0.2, -0.15) is 0 Å². The second kappa shape index (κ2) is 8.25. The molecule has 2 heterocycles. The van der Waals surface area contributed by atoms with Crippen LogP contribution in [0, 0.1) is 5.82 Å². The van der Waals surface area contributed by atoms with Crippen LogP contribution in [0.2, 0.25) is 0 Å². The molecule has 0 unspecified atom stereocenters. The lowest BCUT2D eigenvalue weighted by Gasteiger charge is -2.32. The van der Waals surface area contributed by atoms with E-state index in [2.05, 4.69) is 22.4 Å². The predicted molar refractivity (Wildman–Crippen MR) is 93.2 cm³/mol. The van der Waals surface area contributed by atoms with Crippen LogP contribution in [0.3, 0.4) is 0 Å². The van der Waals surface area contributed by atoms with Crippen molar-refractivity contribution in [2.24, 2.45) is 0 Å². The van der Waals surface area contributed by atoms with Crippen LogP contribution < -0.4 is 5.32 Å². The standard InChI is InChI=1S/C19H24FN3O2/c1-23-11-5-4-6-14(23)9-10-19(24)21-13-15-12-18(22-25-15)16-7-2-3-8-17(16)20/h2-3,7-8,12,14H,4-6,9-11,13H2,1H3,(H,21,24)/t14-/m0/s1. The summed E-state index contributed by atoms with van der Waals surface area (Å²) in [4.78, 5) is 14.4. The van der Waals surface area contributed by atoms with Crippen LogP contribution in [0.15, 0.2) is 34.9 Å². The fraction of sp³-hybridized carbons (Fsp3) is 0.474. The maximum absolute atomic E-state index is 13.8. The van der Waals surface area contributed by atoms with Crippen LogP contribution in [0.4, 0.5) is 4.39 Å². The molecule has 1 atom stereocenters. The van der Waals surface area contributed by atoms with Crippen molar-refractivity contribution in [2.45, 2.75) is 44.7 Å². The van der Waals surface area contributed by atoms with E-state index < -0.39 is 0 Å². The summed E-state index contributed by atoms with van der Waals surface area (Å²) in [7, 11) is 2.13. The molecule has 1 aromatic heterocycles. The second-order valence-corrected chi connectivity index (χ2v) is 6.60. The van der Waals surface area contributed by atoms with Crippen LogP contribution in [0.1, 0.15) is 37.9 Å². The summed E-state index contributed by atoms with van der Waals surface area (Å²) < 4.78 is 18.9. The molecule has 0 spiro atoms. The van der Waals surface area contributed by atoms with Crippen molar-refractivity contribution in [3.05, 3.63) is 41.9 Å². The Morgan fingerprint density at radius 1 is 1.40 bits per heavy atom. The van der Waals surface area contributed by atoms with Gasteiger partial charge in [-0.15, -0.1) is 0 Å². The zero-order chi connectivity index (χ0) is 17.6. The van der Waals surface area contributed by atoms with E-state index in [9.17, 15) is 9.18 Å². The largest absolute Gasteiger partial charge is 0.359 e. The SMILES string of the molecule is CN1CCCC[C@H]1CCC(=O)NCc1cc(-c2ccccc2F)no1. The Bertz CT molecular complexity index is 716. The highest BCUT2D eigenvalue weighted by Gasteiger charge is 2.19. The summed E-state index contributed by atoms with van der Waals surface area (Å²) in [5.41, 5.74) is 0.829. The Hall–Kier alpha value is -2.21. The van der Waals surface area contributed by atoms with Gasteiger partial charge >= 0.3 is 0 Å². The first kappa shape index (κ1) is 17.6. The summed E-state index contributed by atoms with van der Waals surface area (Å²) in [5, 5.41) is 6.73. The number of hydrogen-bond donors (Lipinski definition) is 1. The van der Waals surface area contributed by atoms with Crippen molar-refractivity contribution in [2.75, 3.05) is 13.6 Å². The van der Waals surface area contributed by atoms with Gasteiger partial charge in [-0.25, -0.2) is 4.39 Å². The van der Waals surface area contributed by atoms with Crippen LogP contribution in [0.5, 0.6) is 0 Å². The fourth-order valence-corrected chi connectivity index (χ4v) is 3.27. The van der Waals surface area contributed by atoms with E-state index >= 15 is 0 Å². The summed E-state index contributed by atoms with van der Waals surface area (Å²) >= 11 is 0. The van der Waals surface area contributed by atoms with E-state index in [0.717, 1.165) is 19.4 Å². The van der Waals surface area contributed by atoms with Crippen LogP contribution in [-0.2, 0) is 11.3 Å². The molecule has 0 saturated carbocycles. The molecule has 1 amide bonds. The quantitative estimate of drug-likeness (QED) is 0.872. The first-order valence-electron chi connectivity index (χ1n) is 8.81. The molecule has 134 valence electrons. The van der Waals surface area contributed by atoms with Gasteiger partial charge < -0.3 is 14.7 Å². The van der Waals surface area contributed by atoms with E-state index in [1.54, 1.807) is 24.3 Å². The van der Waals surface area contributed by atoms with Crippen LogP contribution >= 0.6 is 0 Å². The molecule has 0 bridgehead atoms.